The monoisotopic (exact) mass is 271 g/mol. The van der Waals surface area contributed by atoms with E-state index in [9.17, 15) is 4.79 Å². The second-order valence-electron chi connectivity index (χ2n) is 4.25. The van der Waals surface area contributed by atoms with Crippen LogP contribution in [0.1, 0.15) is 0 Å². The van der Waals surface area contributed by atoms with Gasteiger partial charge in [-0.15, -0.1) is 0 Å². The van der Waals surface area contributed by atoms with Crippen LogP contribution in [0.15, 0.2) is 57.7 Å². The van der Waals surface area contributed by atoms with E-state index in [0.717, 1.165) is 10.9 Å². The molecule has 0 radical (unpaired) electrons. The van der Waals surface area contributed by atoms with E-state index in [-0.39, 0.29) is 5.63 Å². The fourth-order valence-electron chi connectivity index (χ4n) is 1.96. The summed E-state index contributed by atoms with van der Waals surface area (Å²) in [5, 5.41) is 1.46. The molecule has 0 aliphatic rings. The van der Waals surface area contributed by atoms with Crippen LogP contribution in [-0.2, 0) is 0 Å². The quantitative estimate of drug-likeness (QED) is 0.542. The average molecular weight is 272 g/mol. The van der Waals surface area contributed by atoms with Crippen molar-refractivity contribution in [3.8, 4) is 11.1 Å². The van der Waals surface area contributed by atoms with Gasteiger partial charge in [-0.2, -0.15) is 0 Å². The number of nitrogens with two attached hydrogens (primary N) is 1. The summed E-state index contributed by atoms with van der Waals surface area (Å²) in [7, 11) is 0. The summed E-state index contributed by atoms with van der Waals surface area (Å²) >= 11 is 5.84. The first-order valence-electron chi connectivity index (χ1n) is 5.73. The Morgan fingerprint density at radius 2 is 1.74 bits per heavy atom. The third kappa shape index (κ3) is 2.20. The summed E-state index contributed by atoms with van der Waals surface area (Å²) in [5.41, 5.74) is 7.61. The zero-order valence-corrected chi connectivity index (χ0v) is 10.6. The van der Waals surface area contributed by atoms with E-state index >= 15 is 0 Å². The zero-order chi connectivity index (χ0) is 13.4. The van der Waals surface area contributed by atoms with Crippen molar-refractivity contribution >= 4 is 28.3 Å². The van der Waals surface area contributed by atoms with Gasteiger partial charge in [0.1, 0.15) is 5.58 Å². The lowest BCUT2D eigenvalue weighted by Crippen LogP contribution is -2.02. The molecule has 0 amide bonds. The molecule has 2 aromatic carbocycles. The number of fused-ring (bicyclic) bond motifs is 1. The molecule has 1 heterocycles. The smallest absolute Gasteiger partial charge is 0.344 e. The van der Waals surface area contributed by atoms with Crippen LogP contribution in [0.4, 0.5) is 5.69 Å². The van der Waals surface area contributed by atoms with Crippen LogP contribution in [0.2, 0.25) is 5.02 Å². The van der Waals surface area contributed by atoms with E-state index in [1.165, 1.54) is 0 Å². The van der Waals surface area contributed by atoms with E-state index in [1.54, 1.807) is 42.5 Å². The Hall–Kier alpha value is -2.26. The molecule has 0 bridgehead atoms. The van der Waals surface area contributed by atoms with Gasteiger partial charge in [0.25, 0.3) is 0 Å². The highest BCUT2D eigenvalue weighted by molar-refractivity contribution is 6.30. The summed E-state index contributed by atoms with van der Waals surface area (Å²) in [6.07, 6.45) is 0. The van der Waals surface area contributed by atoms with E-state index in [2.05, 4.69) is 0 Å². The fraction of sp³-hybridized carbons (Fsp3) is 0. The Kier molecular flexibility index (Phi) is 2.76. The summed E-state index contributed by atoms with van der Waals surface area (Å²) in [4.78, 5) is 12.0. The van der Waals surface area contributed by atoms with Crippen LogP contribution >= 0.6 is 11.6 Å². The minimum absolute atomic E-state index is 0.388. The zero-order valence-electron chi connectivity index (χ0n) is 9.89. The van der Waals surface area contributed by atoms with Gasteiger partial charge in [0, 0.05) is 22.2 Å². The Balaban J connectivity index is 2.24. The van der Waals surface area contributed by atoms with Gasteiger partial charge in [-0.25, -0.2) is 4.79 Å². The van der Waals surface area contributed by atoms with E-state index in [1.807, 2.05) is 6.07 Å². The number of nitrogen functional groups attached to an aromatic ring is 1. The van der Waals surface area contributed by atoms with Crippen molar-refractivity contribution in [1.82, 2.24) is 0 Å². The van der Waals surface area contributed by atoms with E-state index in [4.69, 9.17) is 21.8 Å². The van der Waals surface area contributed by atoms with Crippen molar-refractivity contribution in [1.29, 1.82) is 0 Å². The van der Waals surface area contributed by atoms with Gasteiger partial charge in [-0.05, 0) is 35.9 Å². The lowest BCUT2D eigenvalue weighted by molar-refractivity contribution is 0.563. The molecule has 0 spiro atoms. The first kappa shape index (κ1) is 11.8. The highest BCUT2D eigenvalue weighted by Gasteiger charge is 2.07. The molecule has 0 unspecified atom stereocenters. The molecule has 0 aliphatic carbocycles. The molecule has 0 saturated heterocycles. The molecular formula is C15H10ClNO2. The van der Waals surface area contributed by atoms with Gasteiger partial charge < -0.3 is 10.2 Å². The Labute approximate surface area is 114 Å². The maximum absolute atomic E-state index is 12.0. The van der Waals surface area contributed by atoms with Gasteiger partial charge in [0.05, 0.1) is 5.56 Å². The summed E-state index contributed by atoms with van der Waals surface area (Å²) in [6.45, 7) is 0. The Morgan fingerprint density at radius 1 is 1.00 bits per heavy atom. The van der Waals surface area contributed by atoms with Crippen molar-refractivity contribution < 1.29 is 4.42 Å². The molecule has 0 aliphatic heterocycles. The molecule has 1 aromatic heterocycles. The number of hydrogen-bond donors (Lipinski definition) is 1. The maximum atomic E-state index is 12.0. The lowest BCUT2D eigenvalue weighted by Gasteiger charge is -2.03. The SMILES string of the molecule is Nc1ccc2cc(-c3ccc(Cl)cc3)c(=O)oc2c1. The average Bonchev–Trinajstić information content (AvgIpc) is 2.39. The van der Waals surface area contributed by atoms with Crippen LogP contribution in [0, 0.1) is 0 Å². The first-order chi connectivity index (χ1) is 9.13. The molecule has 0 fully saturated rings. The van der Waals surface area contributed by atoms with Gasteiger partial charge in [-0.1, -0.05) is 23.7 Å². The van der Waals surface area contributed by atoms with Crippen molar-refractivity contribution in [2.75, 3.05) is 5.73 Å². The minimum Gasteiger partial charge on any atom is -0.422 e. The molecule has 2 N–H and O–H groups in total. The molecule has 19 heavy (non-hydrogen) atoms. The van der Waals surface area contributed by atoms with Crippen LogP contribution in [-0.4, -0.2) is 0 Å². The summed E-state index contributed by atoms with van der Waals surface area (Å²) < 4.78 is 5.29. The van der Waals surface area contributed by atoms with Gasteiger partial charge in [0.15, 0.2) is 0 Å². The van der Waals surface area contributed by atoms with Crippen molar-refractivity contribution in [3.63, 3.8) is 0 Å². The second kappa shape index (κ2) is 4.44. The Morgan fingerprint density at radius 3 is 2.47 bits per heavy atom. The first-order valence-corrected chi connectivity index (χ1v) is 6.10. The number of halogens is 1. The summed E-state index contributed by atoms with van der Waals surface area (Å²) in [6, 6.07) is 14.1. The van der Waals surface area contributed by atoms with Gasteiger partial charge in [-0.3, -0.25) is 0 Å². The molecule has 3 rings (SSSR count). The van der Waals surface area contributed by atoms with E-state index < -0.39 is 0 Å². The third-order valence-electron chi connectivity index (χ3n) is 2.92. The predicted octanol–water partition coefficient (Wildman–Crippen LogP) is 3.70. The third-order valence-corrected chi connectivity index (χ3v) is 3.17. The topological polar surface area (TPSA) is 56.2 Å². The number of rotatable bonds is 1. The minimum atomic E-state index is -0.388. The fourth-order valence-corrected chi connectivity index (χ4v) is 2.08. The molecule has 0 saturated carbocycles. The highest BCUT2D eigenvalue weighted by atomic mass is 35.5. The Bertz CT molecular complexity index is 806. The molecule has 0 atom stereocenters. The van der Waals surface area contributed by atoms with Crippen LogP contribution in [0.5, 0.6) is 0 Å². The largest absolute Gasteiger partial charge is 0.422 e. The van der Waals surface area contributed by atoms with Crippen molar-refractivity contribution in [3.05, 3.63) is 64.0 Å². The molecule has 94 valence electrons. The van der Waals surface area contributed by atoms with Crippen LogP contribution in [0.3, 0.4) is 0 Å². The normalized spacial score (nSPS) is 10.8. The molecule has 3 aromatic rings. The molecule has 4 heteroatoms. The number of hydrogen-bond acceptors (Lipinski definition) is 3. The highest BCUT2D eigenvalue weighted by Crippen LogP contribution is 2.23. The second-order valence-corrected chi connectivity index (χ2v) is 4.69. The molecule has 3 nitrogen and oxygen atoms in total. The number of anilines is 1. The number of benzene rings is 2. The molecular weight excluding hydrogens is 262 g/mol. The van der Waals surface area contributed by atoms with Gasteiger partial charge >= 0.3 is 5.63 Å². The summed E-state index contributed by atoms with van der Waals surface area (Å²) in [5.74, 6) is 0. The maximum Gasteiger partial charge on any atom is 0.344 e. The standard InChI is InChI=1S/C15H10ClNO2/c16-11-4-1-9(2-5-11)13-7-10-3-6-12(17)8-14(10)19-15(13)18/h1-8H,17H2. The van der Waals surface area contributed by atoms with Gasteiger partial charge in [0.2, 0.25) is 0 Å². The predicted molar refractivity (Wildman–Crippen MR) is 77.3 cm³/mol. The van der Waals surface area contributed by atoms with Crippen LogP contribution in [0.25, 0.3) is 22.1 Å². The van der Waals surface area contributed by atoms with E-state index in [0.29, 0.717) is 21.9 Å². The van der Waals surface area contributed by atoms with Crippen LogP contribution < -0.4 is 11.4 Å². The van der Waals surface area contributed by atoms with Crippen molar-refractivity contribution in [2.45, 2.75) is 0 Å². The lowest BCUT2D eigenvalue weighted by atomic mass is 10.1. The van der Waals surface area contributed by atoms with Crippen molar-refractivity contribution in [2.24, 2.45) is 0 Å².